The summed E-state index contributed by atoms with van der Waals surface area (Å²) in [5.41, 5.74) is 1.44. The molecule has 0 spiro atoms. The molecule has 0 aliphatic rings. The van der Waals surface area contributed by atoms with Gasteiger partial charge in [0.25, 0.3) is 0 Å². The number of hydrogen-bond acceptors (Lipinski definition) is 8. The summed E-state index contributed by atoms with van der Waals surface area (Å²) in [6.45, 7) is 0. The monoisotopic (exact) mass is 417 g/mol. The second kappa shape index (κ2) is 8.77. The molecule has 0 aliphatic heterocycles. The number of nitrogen functional groups attached to an aromatic ring is 1. The molecule has 0 aliphatic carbocycles. The molecule has 3 aromatic rings. The lowest BCUT2D eigenvalue weighted by atomic mass is 10.2. The number of nitrogens with two attached hydrogens (primary N) is 1. The average Bonchev–Trinajstić information content (AvgIpc) is 2.72. The van der Waals surface area contributed by atoms with Crippen molar-refractivity contribution in [3.05, 3.63) is 75.0 Å². The number of nitrogens with one attached hydrogen (secondary N) is 1. The smallest absolute Gasteiger partial charge is 0.337 e. The predicted octanol–water partition coefficient (Wildman–Crippen LogP) is 2.83. The highest BCUT2D eigenvalue weighted by molar-refractivity contribution is 7.98. The van der Waals surface area contributed by atoms with Crippen LogP contribution in [0.25, 0.3) is 0 Å². The summed E-state index contributed by atoms with van der Waals surface area (Å²) in [6, 6.07) is 13.7. The van der Waals surface area contributed by atoms with Crippen LogP contribution in [0.3, 0.4) is 0 Å². The van der Waals surface area contributed by atoms with Crippen molar-refractivity contribution in [3.63, 3.8) is 0 Å². The van der Waals surface area contributed by atoms with Crippen molar-refractivity contribution in [1.82, 2.24) is 14.9 Å². The van der Waals surface area contributed by atoms with Crippen molar-refractivity contribution < 1.29 is 9.53 Å². The van der Waals surface area contributed by atoms with E-state index >= 15 is 0 Å². The van der Waals surface area contributed by atoms with Crippen LogP contribution in [0.2, 0.25) is 5.02 Å². The van der Waals surface area contributed by atoms with Gasteiger partial charge in [-0.2, -0.15) is 4.68 Å². The summed E-state index contributed by atoms with van der Waals surface area (Å²) >= 11 is 7.15. The molecule has 2 aromatic carbocycles. The van der Waals surface area contributed by atoms with Crippen LogP contribution in [-0.4, -0.2) is 28.0 Å². The van der Waals surface area contributed by atoms with Gasteiger partial charge in [-0.1, -0.05) is 35.5 Å². The number of thioether (sulfide) groups is 1. The van der Waals surface area contributed by atoms with Crippen molar-refractivity contribution in [1.29, 1.82) is 0 Å². The Morgan fingerprint density at radius 2 is 1.86 bits per heavy atom. The van der Waals surface area contributed by atoms with Crippen LogP contribution in [-0.2, 0) is 10.5 Å². The Hall–Kier alpha value is -3.04. The Morgan fingerprint density at radius 3 is 2.50 bits per heavy atom. The summed E-state index contributed by atoms with van der Waals surface area (Å²) in [7, 11) is 1.31. The number of esters is 1. The topological polar surface area (TPSA) is 112 Å². The maximum atomic E-state index is 12.4. The first-order valence-corrected chi connectivity index (χ1v) is 9.41. The van der Waals surface area contributed by atoms with Crippen molar-refractivity contribution in [2.45, 2.75) is 10.9 Å². The van der Waals surface area contributed by atoms with Gasteiger partial charge in [-0.3, -0.25) is 4.79 Å². The van der Waals surface area contributed by atoms with Crippen molar-refractivity contribution in [2.75, 3.05) is 18.3 Å². The van der Waals surface area contributed by atoms with E-state index in [9.17, 15) is 9.59 Å². The van der Waals surface area contributed by atoms with E-state index in [-0.39, 0.29) is 11.0 Å². The third-order valence-electron chi connectivity index (χ3n) is 3.71. The molecule has 1 aromatic heterocycles. The molecule has 0 amide bonds. The number of methoxy groups -OCH3 is 1. The van der Waals surface area contributed by atoms with Crippen LogP contribution in [0.5, 0.6) is 0 Å². The molecular weight excluding hydrogens is 402 g/mol. The van der Waals surface area contributed by atoms with E-state index in [1.165, 1.54) is 18.9 Å². The van der Waals surface area contributed by atoms with E-state index in [0.29, 0.717) is 22.0 Å². The molecule has 10 heteroatoms. The molecule has 1 heterocycles. The lowest BCUT2D eigenvalue weighted by molar-refractivity contribution is 0.0601. The van der Waals surface area contributed by atoms with Crippen molar-refractivity contribution in [2.24, 2.45) is 0 Å². The highest BCUT2D eigenvalue weighted by atomic mass is 35.5. The SMILES string of the molecule is COC(=O)c1ccc(Nc2nnc(SCc3ccc(Cl)cc3)n(N)c2=O)cc1. The van der Waals surface area contributed by atoms with Crippen LogP contribution >= 0.6 is 23.4 Å². The number of nitrogens with zero attached hydrogens (tertiary/aromatic N) is 3. The first-order chi connectivity index (χ1) is 13.5. The quantitative estimate of drug-likeness (QED) is 0.357. The number of aromatic nitrogens is 3. The number of ether oxygens (including phenoxy) is 1. The summed E-state index contributed by atoms with van der Waals surface area (Å²) in [5.74, 6) is 5.96. The van der Waals surface area contributed by atoms with E-state index in [1.807, 2.05) is 12.1 Å². The molecule has 8 nitrogen and oxygen atoms in total. The fraction of sp³-hybridized carbons (Fsp3) is 0.111. The number of rotatable bonds is 6. The maximum Gasteiger partial charge on any atom is 0.337 e. The van der Waals surface area contributed by atoms with E-state index in [2.05, 4.69) is 20.3 Å². The van der Waals surface area contributed by atoms with Gasteiger partial charge in [0.15, 0.2) is 0 Å². The highest BCUT2D eigenvalue weighted by Gasteiger charge is 2.12. The van der Waals surface area contributed by atoms with Gasteiger partial charge in [0, 0.05) is 16.5 Å². The standard InChI is InChI=1S/C18H16ClN5O3S/c1-27-17(26)12-4-8-14(9-5-12)21-15-16(25)24(20)18(23-22-15)28-10-11-2-6-13(19)7-3-11/h2-9H,10,20H2,1H3,(H,21,22). The summed E-state index contributed by atoms with van der Waals surface area (Å²) in [5, 5.41) is 11.7. The number of carbonyl (C=O) groups excluding carboxylic acids is 1. The first-order valence-electron chi connectivity index (χ1n) is 8.05. The second-order valence-electron chi connectivity index (χ2n) is 5.62. The lowest BCUT2D eigenvalue weighted by Gasteiger charge is -2.09. The minimum absolute atomic E-state index is 0.0239. The minimum atomic E-state index is -0.523. The first kappa shape index (κ1) is 19.7. The molecule has 0 saturated carbocycles. The molecule has 0 radical (unpaired) electrons. The van der Waals surface area contributed by atoms with Gasteiger partial charge in [-0.25, -0.2) is 4.79 Å². The third-order valence-corrected chi connectivity index (χ3v) is 4.98. The molecule has 0 saturated heterocycles. The lowest BCUT2D eigenvalue weighted by Crippen LogP contribution is -2.32. The molecule has 144 valence electrons. The zero-order valence-electron chi connectivity index (χ0n) is 14.8. The largest absolute Gasteiger partial charge is 0.465 e. The van der Waals surface area contributed by atoms with E-state index in [1.54, 1.807) is 36.4 Å². The summed E-state index contributed by atoms with van der Waals surface area (Å²) in [4.78, 5) is 23.9. The van der Waals surface area contributed by atoms with Crippen molar-refractivity contribution >= 4 is 40.8 Å². The summed E-state index contributed by atoms with van der Waals surface area (Å²) in [6.07, 6.45) is 0. The third kappa shape index (κ3) is 4.62. The van der Waals surface area contributed by atoms with Crippen LogP contribution in [0.15, 0.2) is 58.5 Å². The zero-order valence-corrected chi connectivity index (χ0v) is 16.3. The van der Waals surface area contributed by atoms with E-state index < -0.39 is 11.5 Å². The van der Waals surface area contributed by atoms with Crippen LogP contribution in [0.1, 0.15) is 15.9 Å². The average molecular weight is 418 g/mol. The number of carbonyl (C=O) groups is 1. The zero-order chi connectivity index (χ0) is 20.1. The molecular formula is C18H16ClN5O3S. The van der Waals surface area contributed by atoms with Gasteiger partial charge >= 0.3 is 11.5 Å². The fourth-order valence-corrected chi connectivity index (χ4v) is 3.17. The molecule has 0 unspecified atom stereocenters. The highest BCUT2D eigenvalue weighted by Crippen LogP contribution is 2.21. The Kier molecular flexibility index (Phi) is 6.17. The Balaban J connectivity index is 1.71. The Labute approximate surface area is 169 Å². The minimum Gasteiger partial charge on any atom is -0.465 e. The van der Waals surface area contributed by atoms with Crippen LogP contribution < -0.4 is 16.7 Å². The Bertz CT molecular complexity index is 1040. The predicted molar refractivity (Wildman–Crippen MR) is 109 cm³/mol. The molecule has 28 heavy (non-hydrogen) atoms. The summed E-state index contributed by atoms with van der Waals surface area (Å²) < 4.78 is 5.59. The molecule has 0 bridgehead atoms. The van der Waals surface area contributed by atoms with Crippen LogP contribution in [0, 0.1) is 0 Å². The van der Waals surface area contributed by atoms with Gasteiger partial charge in [-0.15, -0.1) is 10.2 Å². The molecule has 3 rings (SSSR count). The van der Waals surface area contributed by atoms with E-state index in [0.717, 1.165) is 10.2 Å². The van der Waals surface area contributed by atoms with Crippen molar-refractivity contribution in [3.8, 4) is 0 Å². The van der Waals surface area contributed by atoms with E-state index in [4.69, 9.17) is 17.4 Å². The van der Waals surface area contributed by atoms with Gasteiger partial charge in [-0.05, 0) is 42.0 Å². The normalized spacial score (nSPS) is 10.5. The number of benzene rings is 2. The number of anilines is 2. The number of halogens is 1. The van der Waals surface area contributed by atoms with Crippen LogP contribution in [0.4, 0.5) is 11.5 Å². The second-order valence-corrected chi connectivity index (χ2v) is 6.99. The van der Waals surface area contributed by atoms with Gasteiger partial charge in [0.1, 0.15) is 0 Å². The fourth-order valence-electron chi connectivity index (χ4n) is 2.23. The van der Waals surface area contributed by atoms with Gasteiger partial charge in [0.2, 0.25) is 11.0 Å². The Morgan fingerprint density at radius 1 is 1.18 bits per heavy atom. The molecule has 0 fully saturated rings. The van der Waals surface area contributed by atoms with Gasteiger partial charge < -0.3 is 15.9 Å². The molecule has 0 atom stereocenters. The maximum absolute atomic E-state index is 12.4. The molecule has 3 N–H and O–H groups in total. The van der Waals surface area contributed by atoms with Gasteiger partial charge in [0.05, 0.1) is 12.7 Å². The number of hydrogen-bond donors (Lipinski definition) is 2.